The highest BCUT2D eigenvalue weighted by Gasteiger charge is 2.43. The third-order valence-electron chi connectivity index (χ3n) is 6.42. The topological polar surface area (TPSA) is 99.9 Å². The Morgan fingerprint density at radius 1 is 1.11 bits per heavy atom. The molecule has 6 nitrogen and oxygen atoms in total. The van der Waals surface area contributed by atoms with Crippen LogP contribution < -0.4 is 5.32 Å². The number of hydrogen-bond donors (Lipinski definition) is 1. The van der Waals surface area contributed by atoms with Crippen molar-refractivity contribution in [1.82, 2.24) is 10.3 Å². The number of carbonyl (C=O) groups is 3. The maximum atomic E-state index is 14.2. The third kappa shape index (κ3) is 5.05. The Kier molecular flexibility index (Phi) is 7.02. The second kappa shape index (κ2) is 10.2. The molecule has 2 atom stereocenters. The largest absolute Gasteiger partial charge is 0.352 e. The van der Waals surface area contributed by atoms with Gasteiger partial charge in [-0.3, -0.25) is 19.4 Å². The first-order valence-electron chi connectivity index (χ1n) is 11.4. The molecule has 0 aliphatic heterocycles. The Labute approximate surface area is 207 Å². The molecule has 2 unspecified atom stereocenters. The molecular weight excluding hydrogens is 464 g/mol. The molecule has 0 spiro atoms. The first-order valence-corrected chi connectivity index (χ1v) is 11.4. The molecular formula is C28H23F2N3O3. The van der Waals surface area contributed by atoms with Gasteiger partial charge < -0.3 is 5.32 Å². The highest BCUT2D eigenvalue weighted by atomic mass is 19.1. The van der Waals surface area contributed by atoms with E-state index in [1.54, 1.807) is 50.2 Å². The second-order valence-electron chi connectivity index (χ2n) is 9.00. The number of benzene rings is 2. The normalized spacial score (nSPS) is 17.2. The Morgan fingerprint density at radius 2 is 1.78 bits per heavy atom. The van der Waals surface area contributed by atoms with Crippen LogP contribution in [0.2, 0.25) is 0 Å². The van der Waals surface area contributed by atoms with E-state index in [1.165, 1.54) is 0 Å². The van der Waals surface area contributed by atoms with E-state index >= 15 is 0 Å². The molecule has 1 N–H and O–H groups in total. The number of halogens is 2. The van der Waals surface area contributed by atoms with Crippen LogP contribution in [0.3, 0.4) is 0 Å². The zero-order valence-corrected chi connectivity index (χ0v) is 19.8. The number of amides is 1. The zero-order chi connectivity index (χ0) is 26.0. The van der Waals surface area contributed by atoms with Crippen LogP contribution in [-0.4, -0.2) is 22.5 Å². The number of ketones is 2. The number of hydrogen-bond acceptors (Lipinski definition) is 5. The van der Waals surface area contributed by atoms with Crippen LogP contribution in [-0.2, 0) is 20.9 Å². The van der Waals surface area contributed by atoms with Crippen molar-refractivity contribution >= 4 is 17.5 Å². The van der Waals surface area contributed by atoms with Crippen molar-refractivity contribution in [3.63, 3.8) is 0 Å². The Morgan fingerprint density at radius 3 is 2.39 bits per heavy atom. The SMILES string of the molecule is Cc1cc(-c2ncc(F)cc2F)cc(C)c1C1C(=O)CC(CC(=O)NCc2ccc(C#N)cc2)C1=O. The highest BCUT2D eigenvalue weighted by Crippen LogP contribution is 2.38. The standard InChI is InChI=1S/C28H23F2N3O3/c1-15-7-19(27-22(30)11-21(29)14-33-27)8-16(2)25(15)26-23(34)9-20(28(26)36)10-24(35)32-13-18-5-3-17(12-31)4-6-18/h3-8,11,14,20,26H,9-10,13H2,1-2H3,(H,32,35). The molecule has 1 aliphatic carbocycles. The lowest BCUT2D eigenvalue weighted by molar-refractivity contribution is -0.128. The minimum atomic E-state index is -0.985. The van der Waals surface area contributed by atoms with Crippen LogP contribution in [0.1, 0.15) is 46.6 Å². The summed E-state index contributed by atoms with van der Waals surface area (Å²) in [6.07, 6.45) is 0.804. The summed E-state index contributed by atoms with van der Waals surface area (Å²) in [5.41, 5.74) is 3.52. The maximum Gasteiger partial charge on any atom is 0.221 e. The zero-order valence-electron chi connectivity index (χ0n) is 19.8. The monoisotopic (exact) mass is 487 g/mol. The average molecular weight is 488 g/mol. The van der Waals surface area contributed by atoms with Gasteiger partial charge in [0.25, 0.3) is 0 Å². The van der Waals surface area contributed by atoms with E-state index in [9.17, 15) is 23.2 Å². The highest BCUT2D eigenvalue weighted by molar-refractivity contribution is 6.15. The van der Waals surface area contributed by atoms with Crippen LogP contribution in [0.5, 0.6) is 0 Å². The van der Waals surface area contributed by atoms with E-state index in [2.05, 4.69) is 10.3 Å². The molecule has 0 radical (unpaired) electrons. The molecule has 36 heavy (non-hydrogen) atoms. The van der Waals surface area contributed by atoms with Gasteiger partial charge >= 0.3 is 0 Å². The molecule has 182 valence electrons. The van der Waals surface area contributed by atoms with Crippen molar-refractivity contribution < 1.29 is 23.2 Å². The summed E-state index contributed by atoms with van der Waals surface area (Å²) in [4.78, 5) is 42.4. The van der Waals surface area contributed by atoms with Crippen molar-refractivity contribution in [2.24, 2.45) is 5.92 Å². The van der Waals surface area contributed by atoms with E-state index in [0.29, 0.717) is 27.8 Å². The van der Waals surface area contributed by atoms with E-state index in [1.807, 2.05) is 6.07 Å². The Balaban J connectivity index is 1.47. The fraction of sp³-hybridized carbons (Fsp3) is 0.250. The van der Waals surface area contributed by atoms with Crippen LogP contribution in [0.15, 0.2) is 48.7 Å². The van der Waals surface area contributed by atoms with Gasteiger partial charge in [-0.15, -0.1) is 0 Å². The van der Waals surface area contributed by atoms with Crippen molar-refractivity contribution in [3.8, 4) is 17.3 Å². The number of aromatic nitrogens is 1. The van der Waals surface area contributed by atoms with Crippen molar-refractivity contribution in [2.75, 3.05) is 0 Å². The predicted octanol–water partition coefficient (Wildman–Crippen LogP) is 4.46. The van der Waals surface area contributed by atoms with Crippen LogP contribution in [0.25, 0.3) is 11.3 Å². The minimum absolute atomic E-state index is 0.0185. The Bertz CT molecular complexity index is 1390. The smallest absolute Gasteiger partial charge is 0.221 e. The summed E-state index contributed by atoms with van der Waals surface area (Å²) >= 11 is 0. The van der Waals surface area contributed by atoms with Crippen molar-refractivity contribution in [3.05, 3.63) is 88.1 Å². The lowest BCUT2D eigenvalue weighted by Crippen LogP contribution is -2.27. The maximum absolute atomic E-state index is 14.2. The lowest BCUT2D eigenvalue weighted by Gasteiger charge is -2.17. The average Bonchev–Trinajstić information content (AvgIpc) is 3.10. The first-order chi connectivity index (χ1) is 17.2. The number of aryl methyl sites for hydroxylation is 2. The lowest BCUT2D eigenvalue weighted by atomic mass is 9.85. The Hall–Kier alpha value is -4.25. The number of Topliss-reactive ketones (excluding diaryl/α,β-unsaturated/α-hetero) is 2. The molecule has 4 rings (SSSR count). The van der Waals surface area contributed by atoms with Gasteiger partial charge in [-0.2, -0.15) is 5.26 Å². The summed E-state index contributed by atoms with van der Waals surface area (Å²) < 4.78 is 27.5. The fourth-order valence-electron chi connectivity index (χ4n) is 4.72. The van der Waals surface area contributed by atoms with E-state index in [-0.39, 0.29) is 42.6 Å². The number of carbonyl (C=O) groups excluding carboxylic acids is 3. The molecule has 1 heterocycles. The molecule has 1 saturated carbocycles. The van der Waals surface area contributed by atoms with Gasteiger partial charge in [0.1, 0.15) is 23.2 Å². The van der Waals surface area contributed by atoms with E-state index in [0.717, 1.165) is 17.8 Å². The molecule has 3 aromatic rings. The molecule has 0 bridgehead atoms. The molecule has 1 amide bonds. The van der Waals surface area contributed by atoms with Crippen LogP contribution in [0, 0.1) is 42.7 Å². The van der Waals surface area contributed by atoms with Gasteiger partial charge in [0.15, 0.2) is 11.6 Å². The van der Waals surface area contributed by atoms with Gasteiger partial charge in [-0.05, 0) is 60.4 Å². The summed E-state index contributed by atoms with van der Waals surface area (Å²) in [6.45, 7) is 3.70. The predicted molar refractivity (Wildman–Crippen MR) is 128 cm³/mol. The van der Waals surface area contributed by atoms with Gasteiger partial charge in [-0.25, -0.2) is 8.78 Å². The number of nitrogens with one attached hydrogen (secondary N) is 1. The van der Waals surface area contributed by atoms with Crippen molar-refractivity contribution in [1.29, 1.82) is 5.26 Å². The molecule has 1 aliphatic rings. The van der Waals surface area contributed by atoms with Crippen molar-refractivity contribution in [2.45, 2.75) is 39.2 Å². The number of nitrogens with zero attached hydrogens (tertiary/aromatic N) is 2. The van der Waals surface area contributed by atoms with E-state index in [4.69, 9.17) is 5.26 Å². The third-order valence-corrected chi connectivity index (χ3v) is 6.42. The first kappa shape index (κ1) is 24.9. The number of nitriles is 1. The molecule has 0 saturated heterocycles. The van der Waals surface area contributed by atoms with Crippen LogP contribution >= 0.6 is 0 Å². The summed E-state index contributed by atoms with van der Waals surface area (Å²) in [5, 5.41) is 11.6. The minimum Gasteiger partial charge on any atom is -0.352 e. The van der Waals surface area contributed by atoms with Gasteiger partial charge in [0, 0.05) is 36.9 Å². The molecule has 1 fully saturated rings. The van der Waals surface area contributed by atoms with Gasteiger partial charge in [0.2, 0.25) is 5.91 Å². The summed E-state index contributed by atoms with van der Waals surface area (Å²) in [7, 11) is 0. The summed E-state index contributed by atoms with van der Waals surface area (Å²) in [6, 6.07) is 12.8. The van der Waals surface area contributed by atoms with Crippen LogP contribution in [0.4, 0.5) is 8.78 Å². The van der Waals surface area contributed by atoms with E-state index < -0.39 is 23.5 Å². The van der Waals surface area contributed by atoms with Gasteiger partial charge in [0.05, 0.1) is 17.8 Å². The number of pyridine rings is 1. The molecule has 8 heteroatoms. The quantitative estimate of drug-likeness (QED) is 0.518. The number of rotatable bonds is 6. The molecule has 2 aromatic carbocycles. The van der Waals surface area contributed by atoms with Gasteiger partial charge in [-0.1, -0.05) is 12.1 Å². The fourth-order valence-corrected chi connectivity index (χ4v) is 4.72. The second-order valence-corrected chi connectivity index (χ2v) is 9.00. The summed E-state index contributed by atoms with van der Waals surface area (Å²) in [5.74, 6) is -4.20. The molecule has 1 aromatic heterocycles.